The average molecular weight is 393 g/mol. The zero-order valence-corrected chi connectivity index (χ0v) is 18.7. The molecule has 1 rings (SSSR count). The molecule has 1 atom stereocenters. The van der Waals surface area contributed by atoms with Crippen LogP contribution in [-0.4, -0.2) is 64.3 Å². The summed E-state index contributed by atoms with van der Waals surface area (Å²) in [6.07, 6.45) is 4.34. The Bertz CT molecular complexity index is 574. The van der Waals surface area contributed by atoms with Crippen molar-refractivity contribution < 1.29 is 9.47 Å². The number of methoxy groups -OCH3 is 2. The molecule has 0 saturated heterocycles. The normalized spacial score (nSPS) is 12.8. The number of aliphatic imine (C=N–C) groups is 1. The zero-order chi connectivity index (χ0) is 20.8. The topological polar surface area (TPSA) is 58.1 Å². The van der Waals surface area contributed by atoms with Gasteiger partial charge in [-0.1, -0.05) is 19.9 Å². The summed E-state index contributed by atoms with van der Waals surface area (Å²) < 4.78 is 10.7. The minimum atomic E-state index is 0.410. The lowest BCUT2D eigenvalue weighted by Crippen LogP contribution is -2.42. The number of guanidine groups is 1. The van der Waals surface area contributed by atoms with E-state index in [1.54, 1.807) is 14.2 Å². The highest BCUT2D eigenvalue weighted by atomic mass is 16.5. The van der Waals surface area contributed by atoms with E-state index in [-0.39, 0.29) is 0 Å². The summed E-state index contributed by atoms with van der Waals surface area (Å²) in [5, 5.41) is 6.91. The Labute approximate surface area is 171 Å². The highest BCUT2D eigenvalue weighted by Crippen LogP contribution is 2.27. The maximum atomic E-state index is 5.37. The molecule has 28 heavy (non-hydrogen) atoms. The van der Waals surface area contributed by atoms with Crippen molar-refractivity contribution >= 4 is 5.96 Å². The van der Waals surface area contributed by atoms with E-state index >= 15 is 0 Å². The molecule has 0 saturated carbocycles. The molecule has 0 amide bonds. The Balaban J connectivity index is 2.31. The fourth-order valence-corrected chi connectivity index (χ4v) is 3.20. The molecule has 6 heteroatoms. The van der Waals surface area contributed by atoms with E-state index in [0.29, 0.717) is 6.04 Å². The lowest BCUT2D eigenvalue weighted by atomic mass is 10.1. The van der Waals surface area contributed by atoms with Crippen molar-refractivity contribution in [3.8, 4) is 11.5 Å². The fourth-order valence-electron chi connectivity index (χ4n) is 3.20. The molecule has 1 aromatic rings. The lowest BCUT2D eigenvalue weighted by molar-refractivity contribution is 0.292. The average Bonchev–Trinajstić information content (AvgIpc) is 2.73. The molecule has 0 radical (unpaired) electrons. The number of ether oxygens (including phenoxy) is 2. The molecule has 0 aliphatic carbocycles. The van der Waals surface area contributed by atoms with Gasteiger partial charge in [0.15, 0.2) is 17.5 Å². The van der Waals surface area contributed by atoms with Gasteiger partial charge in [-0.15, -0.1) is 0 Å². The second-order valence-corrected chi connectivity index (χ2v) is 7.01. The van der Waals surface area contributed by atoms with Gasteiger partial charge in [-0.2, -0.15) is 0 Å². The number of aryl methyl sites for hydroxylation is 1. The van der Waals surface area contributed by atoms with Gasteiger partial charge in [-0.3, -0.25) is 4.99 Å². The summed E-state index contributed by atoms with van der Waals surface area (Å²) in [7, 11) is 5.15. The van der Waals surface area contributed by atoms with Gasteiger partial charge in [0.2, 0.25) is 0 Å². The van der Waals surface area contributed by atoms with E-state index < -0.39 is 0 Å². The summed E-state index contributed by atoms with van der Waals surface area (Å²) >= 11 is 0. The maximum absolute atomic E-state index is 5.37. The fraction of sp³-hybridized carbons (Fsp3) is 0.682. The monoisotopic (exact) mass is 392 g/mol. The molecule has 0 aromatic heterocycles. The molecule has 1 unspecified atom stereocenters. The first-order valence-electron chi connectivity index (χ1n) is 10.5. The third-order valence-electron chi connectivity index (χ3n) is 5.00. The van der Waals surface area contributed by atoms with Gasteiger partial charge < -0.3 is 25.0 Å². The van der Waals surface area contributed by atoms with Crippen molar-refractivity contribution in [2.45, 2.75) is 52.5 Å². The van der Waals surface area contributed by atoms with Crippen molar-refractivity contribution in [1.29, 1.82) is 0 Å². The van der Waals surface area contributed by atoms with E-state index in [1.807, 2.05) is 19.2 Å². The minimum Gasteiger partial charge on any atom is -0.493 e. The molecule has 2 N–H and O–H groups in total. The molecular formula is C22H40N4O2. The van der Waals surface area contributed by atoms with Crippen LogP contribution in [0.1, 0.15) is 45.6 Å². The second-order valence-electron chi connectivity index (χ2n) is 7.01. The molecule has 1 aromatic carbocycles. The van der Waals surface area contributed by atoms with E-state index in [9.17, 15) is 0 Å². The Hall–Kier alpha value is -1.95. The molecular weight excluding hydrogens is 352 g/mol. The van der Waals surface area contributed by atoms with Crippen LogP contribution in [0.25, 0.3) is 0 Å². The quantitative estimate of drug-likeness (QED) is 0.306. The van der Waals surface area contributed by atoms with Gasteiger partial charge in [-0.05, 0) is 69.9 Å². The van der Waals surface area contributed by atoms with Crippen LogP contribution in [0.15, 0.2) is 23.2 Å². The van der Waals surface area contributed by atoms with E-state index in [4.69, 9.17) is 9.47 Å². The van der Waals surface area contributed by atoms with Crippen LogP contribution in [-0.2, 0) is 6.42 Å². The molecule has 6 nitrogen and oxygen atoms in total. The van der Waals surface area contributed by atoms with Crippen LogP contribution in [0.4, 0.5) is 0 Å². The van der Waals surface area contributed by atoms with E-state index in [2.05, 4.69) is 47.4 Å². The predicted octanol–water partition coefficient (Wildman–Crippen LogP) is 3.31. The Morgan fingerprint density at radius 2 is 1.82 bits per heavy atom. The molecule has 0 aliphatic rings. The number of hydrogen-bond acceptors (Lipinski definition) is 4. The van der Waals surface area contributed by atoms with E-state index in [0.717, 1.165) is 62.9 Å². The lowest BCUT2D eigenvalue weighted by Gasteiger charge is -2.21. The molecule has 0 heterocycles. The first kappa shape index (κ1) is 24.1. The van der Waals surface area contributed by atoms with Crippen molar-refractivity contribution in [3.63, 3.8) is 0 Å². The minimum absolute atomic E-state index is 0.410. The van der Waals surface area contributed by atoms with Crippen LogP contribution >= 0.6 is 0 Å². The van der Waals surface area contributed by atoms with Crippen LogP contribution < -0.4 is 20.1 Å². The molecule has 0 fully saturated rings. The summed E-state index contributed by atoms with van der Waals surface area (Å²) in [4.78, 5) is 6.81. The summed E-state index contributed by atoms with van der Waals surface area (Å²) in [6, 6.07) is 6.51. The number of rotatable bonds is 13. The number of nitrogens with one attached hydrogen (secondary N) is 2. The summed E-state index contributed by atoms with van der Waals surface area (Å²) in [5.74, 6) is 2.43. The van der Waals surface area contributed by atoms with Crippen molar-refractivity contribution in [3.05, 3.63) is 23.8 Å². The SMILES string of the molecule is CCN(CC)CCCC(C)NC(=NC)NCCCc1ccc(OC)c(OC)c1. The third-order valence-corrected chi connectivity index (χ3v) is 5.00. The van der Waals surface area contributed by atoms with Gasteiger partial charge in [0.05, 0.1) is 14.2 Å². The Kier molecular flexibility index (Phi) is 12.1. The molecule has 0 aliphatic heterocycles. The Morgan fingerprint density at radius 3 is 2.43 bits per heavy atom. The maximum Gasteiger partial charge on any atom is 0.191 e. The van der Waals surface area contributed by atoms with Gasteiger partial charge in [0, 0.05) is 19.6 Å². The number of nitrogens with zero attached hydrogens (tertiary/aromatic N) is 2. The second kappa shape index (κ2) is 14.1. The number of hydrogen-bond donors (Lipinski definition) is 2. The highest BCUT2D eigenvalue weighted by molar-refractivity contribution is 5.79. The highest BCUT2D eigenvalue weighted by Gasteiger charge is 2.07. The van der Waals surface area contributed by atoms with Crippen LogP contribution in [0.5, 0.6) is 11.5 Å². The van der Waals surface area contributed by atoms with Crippen LogP contribution in [0.3, 0.4) is 0 Å². The molecule has 160 valence electrons. The molecule has 0 spiro atoms. The van der Waals surface area contributed by atoms with Crippen LogP contribution in [0.2, 0.25) is 0 Å². The Morgan fingerprint density at radius 1 is 1.11 bits per heavy atom. The largest absolute Gasteiger partial charge is 0.493 e. The zero-order valence-electron chi connectivity index (χ0n) is 18.7. The number of benzene rings is 1. The predicted molar refractivity (Wildman–Crippen MR) is 119 cm³/mol. The van der Waals surface area contributed by atoms with Crippen molar-refractivity contribution in [1.82, 2.24) is 15.5 Å². The van der Waals surface area contributed by atoms with E-state index in [1.165, 1.54) is 12.0 Å². The van der Waals surface area contributed by atoms with Crippen molar-refractivity contribution in [2.24, 2.45) is 4.99 Å². The summed E-state index contributed by atoms with van der Waals surface area (Å²) in [6.45, 7) is 11.0. The van der Waals surface area contributed by atoms with Gasteiger partial charge >= 0.3 is 0 Å². The van der Waals surface area contributed by atoms with Gasteiger partial charge in [0.25, 0.3) is 0 Å². The first-order chi connectivity index (χ1) is 13.6. The standard InChI is InChI=1S/C22H40N4O2/c1-7-26(8-2)16-10-11-18(3)25-22(23-4)24-15-9-12-19-13-14-20(27-5)21(17-19)28-6/h13-14,17-18H,7-12,15-16H2,1-6H3,(H2,23,24,25). The molecule has 0 bridgehead atoms. The van der Waals surface area contributed by atoms with Crippen LogP contribution in [0, 0.1) is 0 Å². The van der Waals surface area contributed by atoms with Gasteiger partial charge in [0.1, 0.15) is 0 Å². The third kappa shape index (κ3) is 8.83. The summed E-state index contributed by atoms with van der Waals surface area (Å²) in [5.41, 5.74) is 1.24. The smallest absolute Gasteiger partial charge is 0.191 e. The first-order valence-corrected chi connectivity index (χ1v) is 10.5. The van der Waals surface area contributed by atoms with Crippen molar-refractivity contribution in [2.75, 3.05) is 47.4 Å². The van der Waals surface area contributed by atoms with Gasteiger partial charge in [-0.25, -0.2) is 0 Å².